The molecule has 1 atom stereocenters. The van der Waals surface area contributed by atoms with Crippen LogP contribution in [0.5, 0.6) is 0 Å². The molecule has 0 saturated carbocycles. The predicted octanol–water partition coefficient (Wildman–Crippen LogP) is 14.3. The summed E-state index contributed by atoms with van der Waals surface area (Å²) in [7, 11) is 0. The van der Waals surface area contributed by atoms with Crippen LogP contribution in [0.3, 0.4) is 0 Å². The molecule has 2 aliphatic rings. The Kier molecular flexibility index (Phi) is 6.93. The summed E-state index contributed by atoms with van der Waals surface area (Å²) in [4.78, 5) is 5.35. The highest BCUT2D eigenvalue weighted by molar-refractivity contribution is 7.27. The Labute approximate surface area is 333 Å². The Morgan fingerprint density at radius 1 is 0.561 bits per heavy atom. The van der Waals surface area contributed by atoms with E-state index in [0.717, 1.165) is 34.8 Å². The van der Waals surface area contributed by atoms with Gasteiger partial charge in [0.25, 0.3) is 0 Å². The first-order valence-corrected chi connectivity index (χ1v) is 20.4. The number of aromatic nitrogens is 2. The van der Waals surface area contributed by atoms with Gasteiger partial charge in [-0.15, -0.1) is 17.9 Å². The highest BCUT2D eigenvalue weighted by atomic mass is 32.1. The molecule has 0 bridgehead atoms. The second-order valence-corrected chi connectivity index (χ2v) is 16.2. The number of hydrogen-bond acceptors (Lipinski definition) is 2. The molecular formula is C53H35N3S. The van der Waals surface area contributed by atoms with Gasteiger partial charge in [0.1, 0.15) is 0 Å². The first-order chi connectivity index (χ1) is 28.2. The average Bonchev–Trinajstić information content (AvgIpc) is 3.95. The molecule has 4 heterocycles. The van der Waals surface area contributed by atoms with Gasteiger partial charge >= 0.3 is 0 Å². The van der Waals surface area contributed by atoms with Crippen molar-refractivity contribution in [1.82, 2.24) is 9.13 Å². The van der Waals surface area contributed by atoms with E-state index >= 15 is 0 Å². The lowest BCUT2D eigenvalue weighted by Gasteiger charge is -2.35. The summed E-state index contributed by atoms with van der Waals surface area (Å²) in [6.07, 6.45) is 11.4. The Morgan fingerprint density at radius 2 is 1.14 bits per heavy atom. The third-order valence-electron chi connectivity index (χ3n) is 12.2. The largest absolute Gasteiger partial charge is 0.308 e. The molecule has 10 aromatic rings. The number of benzene rings is 7. The van der Waals surface area contributed by atoms with E-state index in [4.69, 9.17) is 4.99 Å². The molecule has 12 rings (SSSR count). The topological polar surface area (TPSA) is 22.2 Å². The molecule has 0 N–H and O–H groups in total. The molecule has 1 aliphatic carbocycles. The van der Waals surface area contributed by atoms with Gasteiger partial charge in [0.2, 0.25) is 0 Å². The van der Waals surface area contributed by atoms with Crippen LogP contribution in [-0.2, 0) is 0 Å². The summed E-state index contributed by atoms with van der Waals surface area (Å²) in [5, 5.41) is 7.71. The van der Waals surface area contributed by atoms with Gasteiger partial charge in [-0.05, 0) is 66.1 Å². The molecule has 0 radical (unpaired) electrons. The van der Waals surface area contributed by atoms with Gasteiger partial charge in [-0.25, -0.2) is 0 Å². The van der Waals surface area contributed by atoms with Crippen molar-refractivity contribution < 1.29 is 0 Å². The second kappa shape index (κ2) is 12.2. The summed E-state index contributed by atoms with van der Waals surface area (Å²) in [6, 6.07) is 57.5. The van der Waals surface area contributed by atoms with E-state index in [1.807, 2.05) is 11.3 Å². The number of nitrogens with zero attached hydrogens (tertiary/aromatic N) is 3. The zero-order valence-electron chi connectivity index (χ0n) is 31.1. The maximum Gasteiger partial charge on any atom is 0.0744 e. The summed E-state index contributed by atoms with van der Waals surface area (Å²) >= 11 is 1.91. The van der Waals surface area contributed by atoms with Crippen LogP contribution in [0.2, 0.25) is 0 Å². The molecule has 7 aromatic carbocycles. The van der Waals surface area contributed by atoms with E-state index in [0.29, 0.717) is 0 Å². The second-order valence-electron chi connectivity index (χ2n) is 15.2. The van der Waals surface area contributed by atoms with Gasteiger partial charge in [0, 0.05) is 58.7 Å². The van der Waals surface area contributed by atoms with Crippen LogP contribution in [0.4, 0.5) is 0 Å². The Bertz CT molecular complexity index is 3420. The number of rotatable bonds is 5. The fourth-order valence-electron chi connectivity index (χ4n) is 9.59. The normalized spacial score (nSPS) is 16.7. The fraction of sp³-hybridized carbons (Fsp3) is 0.0377. The summed E-state index contributed by atoms with van der Waals surface area (Å²) < 4.78 is 7.64. The molecule has 1 aliphatic heterocycles. The molecule has 57 heavy (non-hydrogen) atoms. The molecule has 0 amide bonds. The molecule has 0 saturated heterocycles. The first-order valence-electron chi connectivity index (χ1n) is 19.6. The highest BCUT2D eigenvalue weighted by Crippen LogP contribution is 2.51. The van der Waals surface area contributed by atoms with Crippen molar-refractivity contribution in [2.45, 2.75) is 6.42 Å². The smallest absolute Gasteiger partial charge is 0.0744 e. The molecule has 0 spiro atoms. The zero-order valence-corrected chi connectivity index (χ0v) is 31.9. The predicted molar refractivity (Wildman–Crippen MR) is 244 cm³/mol. The average molecular weight is 746 g/mol. The van der Waals surface area contributed by atoms with E-state index < -0.39 is 0 Å². The minimum Gasteiger partial charge on any atom is -0.308 e. The molecular weight excluding hydrogens is 711 g/mol. The SMILES string of the molecule is C=C[C@@]12C=CC=CC1=NC(c1ccccc1)=C(c1ccc(-n3c4ccccc4c4c5sc6ccccc6c5c5c(c6ccccc6n5-c5ccccc5)c43)cc1)C2. The maximum atomic E-state index is 5.35. The molecule has 3 aromatic heterocycles. The molecule has 4 heteroatoms. The van der Waals surface area contributed by atoms with E-state index in [2.05, 4.69) is 204 Å². The van der Waals surface area contributed by atoms with Gasteiger partial charge in [-0.2, -0.15) is 0 Å². The first kappa shape index (κ1) is 32.3. The van der Waals surface area contributed by atoms with Gasteiger partial charge < -0.3 is 9.13 Å². The van der Waals surface area contributed by atoms with Crippen LogP contribution >= 0.6 is 11.3 Å². The Hall–Kier alpha value is -7.01. The van der Waals surface area contributed by atoms with Gasteiger partial charge in [-0.1, -0.05) is 140 Å². The van der Waals surface area contributed by atoms with Crippen LogP contribution < -0.4 is 0 Å². The van der Waals surface area contributed by atoms with Crippen molar-refractivity contribution in [2.24, 2.45) is 10.4 Å². The van der Waals surface area contributed by atoms with Crippen LogP contribution in [0.25, 0.3) is 86.4 Å². The van der Waals surface area contributed by atoms with Crippen LogP contribution in [0.15, 0.2) is 200 Å². The third-order valence-corrected chi connectivity index (χ3v) is 13.4. The monoisotopic (exact) mass is 745 g/mol. The number of para-hydroxylation sites is 3. The van der Waals surface area contributed by atoms with Gasteiger partial charge in [0.15, 0.2) is 0 Å². The maximum absolute atomic E-state index is 5.35. The van der Waals surface area contributed by atoms with Crippen LogP contribution in [-0.4, -0.2) is 14.8 Å². The number of aliphatic imine (C=N–C) groups is 1. The molecule has 268 valence electrons. The fourth-order valence-corrected chi connectivity index (χ4v) is 10.9. The van der Waals surface area contributed by atoms with Crippen LogP contribution in [0, 0.1) is 5.41 Å². The van der Waals surface area contributed by atoms with E-state index in [9.17, 15) is 0 Å². The van der Waals surface area contributed by atoms with E-state index in [1.165, 1.54) is 74.9 Å². The van der Waals surface area contributed by atoms with Crippen molar-refractivity contribution in [1.29, 1.82) is 0 Å². The summed E-state index contributed by atoms with van der Waals surface area (Å²) in [5.74, 6) is 0. The van der Waals surface area contributed by atoms with Crippen molar-refractivity contribution >= 4 is 92.1 Å². The zero-order chi connectivity index (χ0) is 37.7. The summed E-state index contributed by atoms with van der Waals surface area (Å²) in [5.41, 5.74) is 12.4. The Morgan fingerprint density at radius 3 is 1.84 bits per heavy atom. The number of thiophene rings is 1. The molecule has 0 unspecified atom stereocenters. The number of fused-ring (bicyclic) bond motifs is 13. The lowest BCUT2D eigenvalue weighted by atomic mass is 9.71. The minimum absolute atomic E-state index is 0.345. The van der Waals surface area contributed by atoms with E-state index in [-0.39, 0.29) is 5.41 Å². The van der Waals surface area contributed by atoms with Crippen molar-refractivity contribution in [3.8, 4) is 11.4 Å². The highest BCUT2D eigenvalue weighted by Gasteiger charge is 2.36. The minimum atomic E-state index is -0.345. The molecule has 3 nitrogen and oxygen atoms in total. The standard InChI is InChI=1S/C53H35N3S/c1-2-53-32-16-15-27-45(53)54-49(35-17-5-3-6-18-35)41(33-53)34-28-30-37(31-29-34)56-43-25-13-10-22-39(43)47-50(56)46-38-21-9-12-24-42(38)55(36-19-7-4-8-20-36)51(46)48-40-23-11-14-26-44(40)57-52(47)48/h2-32H,1,33H2/t53-/m0/s1. The van der Waals surface area contributed by atoms with E-state index in [1.54, 1.807) is 0 Å². The van der Waals surface area contributed by atoms with Crippen molar-refractivity contribution in [2.75, 3.05) is 0 Å². The van der Waals surface area contributed by atoms with Crippen LogP contribution in [0.1, 0.15) is 17.5 Å². The number of allylic oxidation sites excluding steroid dienone is 6. The third kappa shape index (κ3) is 4.56. The summed E-state index contributed by atoms with van der Waals surface area (Å²) in [6.45, 7) is 4.30. The lowest BCUT2D eigenvalue weighted by Crippen LogP contribution is -2.30. The van der Waals surface area contributed by atoms with Gasteiger partial charge in [0.05, 0.1) is 38.9 Å². The number of hydrogen-bond donors (Lipinski definition) is 0. The quantitative estimate of drug-likeness (QED) is 0.157. The molecule has 0 fully saturated rings. The van der Waals surface area contributed by atoms with Gasteiger partial charge in [-0.3, -0.25) is 4.99 Å². The van der Waals surface area contributed by atoms with Crippen molar-refractivity contribution in [3.63, 3.8) is 0 Å². The van der Waals surface area contributed by atoms with Crippen molar-refractivity contribution in [3.05, 3.63) is 206 Å². The lowest BCUT2D eigenvalue weighted by molar-refractivity contribution is 0.694. The Balaban J connectivity index is 1.18.